The van der Waals surface area contributed by atoms with Crippen molar-refractivity contribution in [1.29, 1.82) is 0 Å². The SMILES string of the molecule is COc1cc(C(=O)Nc2ccc3c(c2)OCO3)ccc1OCc1ccc(Cl)cc1. The molecule has 3 aromatic rings. The fourth-order valence-corrected chi connectivity index (χ4v) is 2.97. The second-order valence-electron chi connectivity index (χ2n) is 6.30. The van der Waals surface area contributed by atoms with Crippen LogP contribution < -0.4 is 24.3 Å². The topological polar surface area (TPSA) is 66.0 Å². The van der Waals surface area contributed by atoms with E-state index >= 15 is 0 Å². The minimum absolute atomic E-state index is 0.182. The smallest absolute Gasteiger partial charge is 0.255 e. The van der Waals surface area contributed by atoms with E-state index in [1.165, 1.54) is 7.11 Å². The predicted molar refractivity (Wildman–Crippen MR) is 109 cm³/mol. The third-order valence-corrected chi connectivity index (χ3v) is 4.62. The Morgan fingerprint density at radius 2 is 1.79 bits per heavy atom. The maximum atomic E-state index is 12.6. The minimum Gasteiger partial charge on any atom is -0.493 e. The van der Waals surface area contributed by atoms with Crippen molar-refractivity contribution < 1.29 is 23.7 Å². The van der Waals surface area contributed by atoms with Crippen LogP contribution in [0.25, 0.3) is 0 Å². The zero-order chi connectivity index (χ0) is 20.2. The number of hydrogen-bond acceptors (Lipinski definition) is 5. The van der Waals surface area contributed by atoms with Crippen molar-refractivity contribution >= 4 is 23.2 Å². The van der Waals surface area contributed by atoms with E-state index in [4.69, 9.17) is 30.5 Å². The van der Waals surface area contributed by atoms with Crippen LogP contribution in [0.5, 0.6) is 23.0 Å². The van der Waals surface area contributed by atoms with Crippen molar-refractivity contribution in [2.45, 2.75) is 6.61 Å². The van der Waals surface area contributed by atoms with E-state index < -0.39 is 0 Å². The summed E-state index contributed by atoms with van der Waals surface area (Å²) in [6.45, 7) is 0.539. The average molecular weight is 412 g/mol. The van der Waals surface area contributed by atoms with Crippen molar-refractivity contribution in [3.8, 4) is 23.0 Å². The van der Waals surface area contributed by atoms with Gasteiger partial charge < -0.3 is 24.3 Å². The van der Waals surface area contributed by atoms with Crippen LogP contribution in [0.15, 0.2) is 60.7 Å². The number of halogens is 1. The number of benzene rings is 3. The molecular formula is C22H18ClNO5. The Bertz CT molecular complexity index is 1040. The Labute approximate surface area is 172 Å². The molecule has 0 aromatic heterocycles. The maximum Gasteiger partial charge on any atom is 0.255 e. The van der Waals surface area contributed by atoms with Gasteiger partial charge in [0.25, 0.3) is 5.91 Å². The number of carbonyl (C=O) groups excluding carboxylic acids is 1. The van der Waals surface area contributed by atoms with Crippen molar-refractivity contribution in [1.82, 2.24) is 0 Å². The van der Waals surface area contributed by atoms with Gasteiger partial charge in [0.05, 0.1) is 7.11 Å². The lowest BCUT2D eigenvalue weighted by Crippen LogP contribution is -2.12. The highest BCUT2D eigenvalue weighted by molar-refractivity contribution is 6.30. The molecule has 0 spiro atoms. The minimum atomic E-state index is -0.272. The fraction of sp³-hybridized carbons (Fsp3) is 0.136. The highest BCUT2D eigenvalue weighted by Gasteiger charge is 2.16. The number of amides is 1. The van der Waals surface area contributed by atoms with Crippen LogP contribution in [0.4, 0.5) is 5.69 Å². The van der Waals surface area contributed by atoms with E-state index in [-0.39, 0.29) is 12.7 Å². The molecule has 7 heteroatoms. The molecule has 0 unspecified atom stereocenters. The first-order chi connectivity index (χ1) is 14.1. The van der Waals surface area contributed by atoms with Crippen molar-refractivity contribution in [3.05, 3.63) is 76.8 Å². The molecule has 1 amide bonds. The van der Waals surface area contributed by atoms with Gasteiger partial charge in [0.2, 0.25) is 6.79 Å². The summed E-state index contributed by atoms with van der Waals surface area (Å²) >= 11 is 5.90. The molecule has 6 nitrogen and oxygen atoms in total. The first-order valence-electron chi connectivity index (χ1n) is 8.88. The predicted octanol–water partition coefficient (Wildman–Crippen LogP) is 4.91. The molecule has 1 aliphatic heterocycles. The summed E-state index contributed by atoms with van der Waals surface area (Å²) in [6.07, 6.45) is 0. The fourth-order valence-electron chi connectivity index (χ4n) is 2.85. The maximum absolute atomic E-state index is 12.6. The van der Waals surface area contributed by atoms with E-state index in [0.29, 0.717) is 45.9 Å². The molecule has 4 rings (SSSR count). The molecule has 0 bridgehead atoms. The summed E-state index contributed by atoms with van der Waals surface area (Å²) in [6, 6.07) is 17.7. The Balaban J connectivity index is 1.45. The van der Waals surface area contributed by atoms with Crippen LogP contribution >= 0.6 is 11.6 Å². The zero-order valence-corrected chi connectivity index (χ0v) is 16.4. The molecule has 0 atom stereocenters. The molecule has 1 N–H and O–H groups in total. The van der Waals surface area contributed by atoms with Gasteiger partial charge in [0.1, 0.15) is 6.61 Å². The Morgan fingerprint density at radius 3 is 2.59 bits per heavy atom. The summed E-state index contributed by atoms with van der Waals surface area (Å²) in [5.41, 5.74) is 2.03. The third kappa shape index (κ3) is 4.38. The largest absolute Gasteiger partial charge is 0.493 e. The Kier molecular flexibility index (Phi) is 5.44. The molecule has 148 valence electrons. The molecule has 0 radical (unpaired) electrons. The highest BCUT2D eigenvalue weighted by atomic mass is 35.5. The average Bonchev–Trinajstić information content (AvgIpc) is 3.21. The van der Waals surface area contributed by atoms with Crippen LogP contribution in [0.3, 0.4) is 0 Å². The molecule has 0 saturated heterocycles. The lowest BCUT2D eigenvalue weighted by molar-refractivity contribution is 0.102. The summed E-state index contributed by atoms with van der Waals surface area (Å²) in [7, 11) is 1.53. The zero-order valence-electron chi connectivity index (χ0n) is 15.6. The van der Waals surface area contributed by atoms with Crippen LogP contribution in [0, 0.1) is 0 Å². The second-order valence-corrected chi connectivity index (χ2v) is 6.74. The van der Waals surface area contributed by atoms with Crippen molar-refractivity contribution in [2.24, 2.45) is 0 Å². The van der Waals surface area contributed by atoms with Gasteiger partial charge in [-0.05, 0) is 48.0 Å². The second kappa shape index (κ2) is 8.32. The number of fused-ring (bicyclic) bond motifs is 1. The van der Waals surface area contributed by atoms with Gasteiger partial charge in [-0.15, -0.1) is 0 Å². The molecule has 29 heavy (non-hydrogen) atoms. The van der Waals surface area contributed by atoms with Crippen LogP contribution in [0.2, 0.25) is 5.02 Å². The molecule has 0 aliphatic carbocycles. The number of hydrogen-bond donors (Lipinski definition) is 1. The first-order valence-corrected chi connectivity index (χ1v) is 9.26. The van der Waals surface area contributed by atoms with Crippen molar-refractivity contribution in [2.75, 3.05) is 19.2 Å². The standard InChI is InChI=1S/C22H18ClNO5/c1-26-20-10-15(4-8-18(20)27-12-14-2-5-16(23)6-3-14)22(25)24-17-7-9-19-21(11-17)29-13-28-19/h2-11H,12-13H2,1H3,(H,24,25). The van der Waals surface area contributed by atoms with Gasteiger partial charge in [0, 0.05) is 22.3 Å². The number of carbonyl (C=O) groups is 1. The van der Waals surface area contributed by atoms with Crippen LogP contribution in [-0.4, -0.2) is 19.8 Å². The quantitative estimate of drug-likeness (QED) is 0.624. The van der Waals surface area contributed by atoms with Gasteiger partial charge in [-0.2, -0.15) is 0 Å². The lowest BCUT2D eigenvalue weighted by Gasteiger charge is -2.13. The molecule has 1 heterocycles. The van der Waals surface area contributed by atoms with E-state index in [9.17, 15) is 4.79 Å². The normalized spacial score (nSPS) is 11.8. The van der Waals surface area contributed by atoms with Gasteiger partial charge >= 0.3 is 0 Å². The van der Waals surface area contributed by atoms with Crippen LogP contribution in [0.1, 0.15) is 15.9 Å². The Hall–Kier alpha value is -3.38. The molecule has 0 saturated carbocycles. The molecule has 1 aliphatic rings. The van der Waals surface area contributed by atoms with E-state index in [1.54, 1.807) is 48.5 Å². The number of methoxy groups -OCH3 is 1. The van der Waals surface area contributed by atoms with Crippen LogP contribution in [-0.2, 0) is 6.61 Å². The van der Waals surface area contributed by atoms with Gasteiger partial charge in [0.15, 0.2) is 23.0 Å². The third-order valence-electron chi connectivity index (χ3n) is 4.36. The summed E-state index contributed by atoms with van der Waals surface area (Å²) in [5, 5.41) is 3.51. The molecule has 0 fully saturated rings. The van der Waals surface area contributed by atoms with Gasteiger partial charge in [-0.3, -0.25) is 4.79 Å². The number of ether oxygens (including phenoxy) is 4. The lowest BCUT2D eigenvalue weighted by atomic mass is 10.1. The van der Waals surface area contributed by atoms with E-state index in [0.717, 1.165) is 5.56 Å². The first kappa shape index (κ1) is 19.0. The van der Waals surface area contributed by atoms with E-state index in [2.05, 4.69) is 5.32 Å². The molecular weight excluding hydrogens is 394 g/mol. The number of nitrogens with one attached hydrogen (secondary N) is 1. The van der Waals surface area contributed by atoms with Gasteiger partial charge in [-0.25, -0.2) is 0 Å². The molecule has 3 aromatic carbocycles. The highest BCUT2D eigenvalue weighted by Crippen LogP contribution is 2.34. The van der Waals surface area contributed by atoms with E-state index in [1.807, 2.05) is 12.1 Å². The number of anilines is 1. The summed E-state index contributed by atoms with van der Waals surface area (Å²) in [4.78, 5) is 12.6. The monoisotopic (exact) mass is 411 g/mol. The Morgan fingerprint density at radius 1 is 1.00 bits per heavy atom. The van der Waals surface area contributed by atoms with Gasteiger partial charge in [-0.1, -0.05) is 23.7 Å². The summed E-state index contributed by atoms with van der Waals surface area (Å²) in [5.74, 6) is 2.00. The number of rotatable bonds is 6. The summed E-state index contributed by atoms with van der Waals surface area (Å²) < 4.78 is 21.8. The van der Waals surface area contributed by atoms with Crippen molar-refractivity contribution in [3.63, 3.8) is 0 Å².